The van der Waals surface area contributed by atoms with Gasteiger partial charge >= 0.3 is 12.0 Å². The van der Waals surface area contributed by atoms with Gasteiger partial charge in [0.1, 0.15) is 60.2 Å². The van der Waals surface area contributed by atoms with E-state index >= 15 is 0 Å². The number of urea groups is 1. The highest BCUT2D eigenvalue weighted by Gasteiger charge is 2.48. The van der Waals surface area contributed by atoms with E-state index < -0.39 is 121 Å². The number of carbonyl (C=O) groups is 7. The highest BCUT2D eigenvalue weighted by molar-refractivity contribution is 5.98. The van der Waals surface area contributed by atoms with E-state index in [1.54, 1.807) is 24.3 Å². The first kappa shape index (κ1) is 41.9. The normalized spacial score (nSPS) is 27.5. The summed E-state index contributed by atoms with van der Waals surface area (Å²) in [6.45, 7) is 4.38. The molecule has 0 aliphatic carbocycles. The van der Waals surface area contributed by atoms with Crippen molar-refractivity contribution in [1.29, 1.82) is 0 Å². The minimum absolute atomic E-state index is 0.0107. The summed E-state index contributed by atoms with van der Waals surface area (Å²) in [6, 6.07) is 0.543. The zero-order chi connectivity index (χ0) is 41.8. The SMILES string of the molecule is Cc1ccc(NC(=O)NC(Cc2cc(F)cc(F)c2)C(=O)NC2C(=O)N3CCCC3C(=O)N3CCCCC3C(=O)NC(C)C(=O)N3CC(F)CC3C(=O)OC2C)cc1. The lowest BCUT2D eigenvalue weighted by molar-refractivity contribution is -0.163. The van der Waals surface area contributed by atoms with E-state index in [1.807, 2.05) is 6.92 Å². The lowest BCUT2D eigenvalue weighted by atomic mass is 9.99. The Morgan fingerprint density at radius 3 is 2.21 bits per heavy atom. The molecule has 2 aromatic carbocycles. The number of anilines is 1. The standard InChI is InChI=1S/C40H48F3N7O8/c1-21-9-11-28(12-10-21)45-40(57)46-29(17-24-15-25(41)18-26(42)16-24)34(51)47-33-23(3)58-39(56)32-19-27(43)20-50(32)36(53)22(2)44-35(52)30-7-4-5-13-48(30)37(54)31-8-6-14-49(31)38(33)55/h9-12,15-16,18,22-23,27,29-33H,4-8,13-14,17,19-20H2,1-3H3,(H,44,52)(H,47,51)(H2,45,46,57). The van der Waals surface area contributed by atoms with Gasteiger partial charge in [-0.3, -0.25) is 24.0 Å². The van der Waals surface area contributed by atoms with Gasteiger partial charge in [-0.1, -0.05) is 17.7 Å². The van der Waals surface area contributed by atoms with Gasteiger partial charge in [0.05, 0.1) is 6.54 Å². The van der Waals surface area contributed by atoms with Gasteiger partial charge in [0.15, 0.2) is 0 Å². The number of hydrogen-bond acceptors (Lipinski definition) is 8. The van der Waals surface area contributed by atoms with Crippen LogP contribution in [0.1, 0.15) is 63.5 Å². The summed E-state index contributed by atoms with van der Waals surface area (Å²) in [7, 11) is 0. The number of benzene rings is 2. The third-order valence-corrected chi connectivity index (χ3v) is 11.1. The van der Waals surface area contributed by atoms with Crippen LogP contribution in [0, 0.1) is 18.6 Å². The summed E-state index contributed by atoms with van der Waals surface area (Å²) >= 11 is 0. The third kappa shape index (κ3) is 9.53. The van der Waals surface area contributed by atoms with Gasteiger partial charge in [-0.05, 0) is 82.7 Å². The van der Waals surface area contributed by atoms with Crippen LogP contribution in [-0.4, -0.2) is 124 Å². The molecule has 312 valence electrons. The molecule has 0 spiro atoms. The Morgan fingerprint density at radius 2 is 1.50 bits per heavy atom. The maximum absolute atomic E-state index is 14.9. The first-order chi connectivity index (χ1) is 27.6. The second-order valence-corrected chi connectivity index (χ2v) is 15.4. The fraction of sp³-hybridized carbons (Fsp3) is 0.525. The molecule has 18 heteroatoms. The molecule has 4 fully saturated rings. The minimum atomic E-state index is -1.71. The molecule has 4 N–H and O–H groups in total. The van der Waals surface area contributed by atoms with E-state index in [0.29, 0.717) is 37.4 Å². The van der Waals surface area contributed by atoms with Crippen molar-refractivity contribution in [2.45, 2.75) is 114 Å². The van der Waals surface area contributed by atoms with Crippen LogP contribution >= 0.6 is 0 Å². The van der Waals surface area contributed by atoms with Crippen LogP contribution in [0.25, 0.3) is 0 Å². The number of ether oxygens (including phenoxy) is 1. The Labute approximate surface area is 333 Å². The lowest BCUT2D eigenvalue weighted by Crippen LogP contribution is -2.63. The van der Waals surface area contributed by atoms with Crippen LogP contribution in [0.15, 0.2) is 42.5 Å². The van der Waals surface area contributed by atoms with Gasteiger partial charge in [-0.15, -0.1) is 0 Å². The summed E-state index contributed by atoms with van der Waals surface area (Å²) in [4.78, 5) is 101. The molecule has 58 heavy (non-hydrogen) atoms. The number of hydrogen-bond donors (Lipinski definition) is 4. The fourth-order valence-electron chi connectivity index (χ4n) is 8.10. The van der Waals surface area contributed by atoms with E-state index in [9.17, 15) is 46.7 Å². The first-order valence-electron chi connectivity index (χ1n) is 19.6. The Bertz CT molecular complexity index is 1920. The van der Waals surface area contributed by atoms with Crippen molar-refractivity contribution in [2.75, 3.05) is 25.0 Å². The second kappa shape index (κ2) is 17.9. The Hall–Kier alpha value is -5.68. The molecule has 0 radical (unpaired) electrons. The highest BCUT2D eigenvalue weighted by atomic mass is 19.1. The van der Waals surface area contributed by atoms with Crippen molar-refractivity contribution in [1.82, 2.24) is 30.7 Å². The largest absolute Gasteiger partial charge is 0.458 e. The molecule has 0 bridgehead atoms. The number of halogens is 3. The van der Waals surface area contributed by atoms with Crippen LogP contribution in [0.3, 0.4) is 0 Å². The number of fused-ring (bicyclic) bond motifs is 3. The number of carbonyl (C=O) groups excluding carboxylic acids is 7. The smallest absolute Gasteiger partial charge is 0.329 e. The van der Waals surface area contributed by atoms with Crippen LogP contribution in [0.2, 0.25) is 0 Å². The van der Waals surface area contributed by atoms with Crippen molar-refractivity contribution in [3.8, 4) is 0 Å². The topological polar surface area (TPSA) is 187 Å². The van der Waals surface area contributed by atoms with E-state index in [-0.39, 0.29) is 25.1 Å². The number of esters is 1. The van der Waals surface area contributed by atoms with E-state index in [0.717, 1.165) is 22.6 Å². The fourth-order valence-corrected chi connectivity index (χ4v) is 8.10. The molecular weight excluding hydrogens is 763 g/mol. The van der Waals surface area contributed by atoms with Crippen molar-refractivity contribution in [2.24, 2.45) is 0 Å². The second-order valence-electron chi connectivity index (χ2n) is 15.4. The number of nitrogens with one attached hydrogen (secondary N) is 4. The van der Waals surface area contributed by atoms with Crippen molar-refractivity contribution < 1.29 is 51.5 Å². The molecule has 4 aliphatic rings. The third-order valence-electron chi connectivity index (χ3n) is 11.1. The lowest BCUT2D eigenvalue weighted by Gasteiger charge is -2.39. The van der Waals surface area contributed by atoms with E-state index in [4.69, 9.17) is 4.74 Å². The first-order valence-corrected chi connectivity index (χ1v) is 19.6. The van der Waals surface area contributed by atoms with Crippen molar-refractivity contribution in [3.63, 3.8) is 0 Å². The van der Waals surface area contributed by atoms with E-state index in [1.165, 1.54) is 23.6 Å². The maximum Gasteiger partial charge on any atom is 0.329 e. The van der Waals surface area contributed by atoms with Crippen LogP contribution in [0.5, 0.6) is 0 Å². The molecule has 0 saturated carbocycles. The molecule has 7 amide bonds. The van der Waals surface area contributed by atoms with Gasteiger partial charge in [-0.2, -0.15) is 0 Å². The predicted octanol–water partition coefficient (Wildman–Crippen LogP) is 2.25. The Kier molecular flexibility index (Phi) is 12.9. The minimum Gasteiger partial charge on any atom is -0.458 e. The Balaban J connectivity index is 1.34. The zero-order valence-corrected chi connectivity index (χ0v) is 32.5. The number of alkyl halides is 1. The average Bonchev–Trinajstić information content (AvgIpc) is 3.83. The molecule has 4 aliphatic heterocycles. The molecule has 0 aromatic heterocycles. The van der Waals surface area contributed by atoms with Gasteiger partial charge in [0.2, 0.25) is 29.5 Å². The Morgan fingerprint density at radius 1 is 0.845 bits per heavy atom. The summed E-state index contributed by atoms with van der Waals surface area (Å²) in [5.74, 6) is -6.65. The number of cyclic esters (lactones) is 1. The number of amides is 7. The number of piperidine rings is 1. The van der Waals surface area contributed by atoms with Crippen LogP contribution in [0.4, 0.5) is 23.7 Å². The molecule has 4 heterocycles. The highest BCUT2D eigenvalue weighted by Crippen LogP contribution is 2.28. The molecule has 2 aromatic rings. The molecule has 6 rings (SSSR count). The summed E-state index contributed by atoms with van der Waals surface area (Å²) in [5, 5.41) is 10.3. The van der Waals surface area contributed by atoms with Crippen molar-refractivity contribution in [3.05, 3.63) is 65.2 Å². The summed E-state index contributed by atoms with van der Waals surface area (Å²) in [6.07, 6.45) is -1.86. The number of nitrogens with zero attached hydrogens (tertiary/aromatic N) is 3. The van der Waals surface area contributed by atoms with E-state index in [2.05, 4.69) is 21.3 Å². The average molecular weight is 812 g/mol. The van der Waals surface area contributed by atoms with Gasteiger partial charge in [-0.25, -0.2) is 22.8 Å². The zero-order valence-electron chi connectivity index (χ0n) is 32.5. The van der Waals surface area contributed by atoms with Crippen molar-refractivity contribution >= 4 is 47.2 Å². The van der Waals surface area contributed by atoms with Crippen LogP contribution < -0.4 is 21.3 Å². The summed E-state index contributed by atoms with van der Waals surface area (Å²) in [5.41, 5.74) is 1.28. The van der Waals surface area contributed by atoms with Gasteiger partial charge in [0.25, 0.3) is 0 Å². The number of aryl methyl sites for hydroxylation is 1. The molecule has 8 atom stereocenters. The predicted molar refractivity (Wildman–Crippen MR) is 201 cm³/mol. The quantitative estimate of drug-likeness (QED) is 0.320. The monoisotopic (exact) mass is 811 g/mol. The van der Waals surface area contributed by atoms with Gasteiger partial charge < -0.3 is 40.7 Å². The number of rotatable bonds is 6. The summed E-state index contributed by atoms with van der Waals surface area (Å²) < 4.78 is 49.2. The molecular formula is C40H48F3N7O8. The molecule has 4 saturated heterocycles. The van der Waals surface area contributed by atoms with Crippen LogP contribution in [-0.2, 0) is 39.9 Å². The molecule has 15 nitrogen and oxygen atoms in total. The van der Waals surface area contributed by atoms with Gasteiger partial charge in [0, 0.05) is 37.7 Å². The molecule has 8 unspecified atom stereocenters. The maximum atomic E-state index is 14.9.